The predicted molar refractivity (Wildman–Crippen MR) is 26.7 cm³/mol. The van der Waals surface area contributed by atoms with Crippen molar-refractivity contribution in [1.82, 2.24) is 7.32 Å². The Morgan fingerprint density at radius 1 is 1.60 bits per heavy atom. The Bertz CT molecular complexity index is 324. The number of aromatic nitrogens is 2. The van der Waals surface area contributed by atoms with E-state index in [2.05, 4.69) is 0 Å². The summed E-state index contributed by atoms with van der Waals surface area (Å²) in [5, 5.41) is 0. The molecule has 10 heavy (non-hydrogen) atoms. The molecular formula is C4H2FHgN2O2. The molecule has 1 rings (SSSR count). The van der Waals surface area contributed by atoms with Crippen molar-refractivity contribution in [3.05, 3.63) is 32.9 Å². The van der Waals surface area contributed by atoms with Crippen LogP contribution in [0.3, 0.4) is 0 Å². The summed E-state index contributed by atoms with van der Waals surface area (Å²) in [4.78, 5) is 22.8. The zero-order chi connectivity index (χ0) is 7.72. The maximum absolute atomic E-state index is 12.3. The molecule has 0 unspecified atom stereocenters. The Labute approximate surface area is 71.1 Å². The van der Waals surface area contributed by atoms with Crippen molar-refractivity contribution in [2.45, 2.75) is 0 Å². The molecule has 0 spiro atoms. The van der Waals surface area contributed by atoms with Crippen LogP contribution in [-0.4, -0.2) is 7.32 Å². The second-order valence-electron chi connectivity index (χ2n) is 1.71. The molecular weight excluding hydrogens is 328 g/mol. The summed E-state index contributed by atoms with van der Waals surface area (Å²) in [6.45, 7) is 0. The van der Waals surface area contributed by atoms with Crippen molar-refractivity contribution in [3.63, 3.8) is 0 Å². The number of hydrogen-bond donors (Lipinski definition) is 1. The van der Waals surface area contributed by atoms with Gasteiger partial charge in [0, 0.05) is 0 Å². The summed E-state index contributed by atoms with van der Waals surface area (Å²) < 4.78 is 13.4. The Morgan fingerprint density at radius 3 is 2.70 bits per heavy atom. The molecule has 0 atom stereocenters. The van der Waals surface area contributed by atoms with Gasteiger partial charge in [-0.3, -0.25) is 0 Å². The molecule has 0 saturated heterocycles. The van der Waals surface area contributed by atoms with Crippen LogP contribution >= 0.6 is 0 Å². The van der Waals surface area contributed by atoms with Crippen LogP contribution in [-0.2, 0) is 26.4 Å². The first kappa shape index (κ1) is 7.65. The van der Waals surface area contributed by atoms with Gasteiger partial charge in [-0.2, -0.15) is 0 Å². The van der Waals surface area contributed by atoms with Crippen molar-refractivity contribution >= 4 is 0 Å². The van der Waals surface area contributed by atoms with Crippen molar-refractivity contribution < 1.29 is 30.8 Å². The second-order valence-corrected chi connectivity index (χ2v) is 4.35. The first-order chi connectivity index (χ1) is 4.61. The van der Waals surface area contributed by atoms with Crippen LogP contribution in [0, 0.1) is 5.82 Å². The zero-order valence-corrected chi connectivity index (χ0v) is 10.4. The fourth-order valence-electron chi connectivity index (χ4n) is 0.483. The third-order valence-electron chi connectivity index (χ3n) is 0.967. The number of nitrogens with one attached hydrogen (secondary N) is 1. The van der Waals surface area contributed by atoms with Crippen molar-refractivity contribution in [2.75, 3.05) is 0 Å². The van der Waals surface area contributed by atoms with Crippen molar-refractivity contribution in [2.24, 2.45) is 0 Å². The van der Waals surface area contributed by atoms with Gasteiger partial charge in [-0.1, -0.05) is 0 Å². The summed E-state index contributed by atoms with van der Waals surface area (Å²) in [6.07, 6.45) is 0.921. The quantitative estimate of drug-likeness (QED) is 0.620. The van der Waals surface area contributed by atoms with Gasteiger partial charge in [-0.25, -0.2) is 0 Å². The molecule has 4 nitrogen and oxygen atoms in total. The van der Waals surface area contributed by atoms with Gasteiger partial charge in [0.1, 0.15) is 0 Å². The number of H-pyrrole nitrogens is 1. The molecule has 49 valence electrons. The molecule has 0 aromatic carbocycles. The molecule has 1 aromatic heterocycles. The molecule has 0 radical (unpaired) electrons. The summed E-state index contributed by atoms with van der Waals surface area (Å²) in [5.41, 5.74) is -1.48. The molecule has 0 aliphatic carbocycles. The summed E-state index contributed by atoms with van der Waals surface area (Å²) in [7, 11) is 0. The Hall–Kier alpha value is -0.455. The van der Waals surface area contributed by atoms with Crippen molar-refractivity contribution in [1.29, 1.82) is 0 Å². The van der Waals surface area contributed by atoms with Gasteiger partial charge >= 0.3 is 71.0 Å². The van der Waals surface area contributed by atoms with Gasteiger partial charge in [0.25, 0.3) is 0 Å². The molecule has 6 heteroatoms. The Balaban J connectivity index is 3.59. The van der Waals surface area contributed by atoms with Crippen LogP contribution in [0.2, 0.25) is 0 Å². The molecule has 0 saturated carbocycles. The first-order valence-corrected chi connectivity index (χ1v) is 4.89. The first-order valence-electron chi connectivity index (χ1n) is 2.43. The third-order valence-corrected chi connectivity index (χ3v) is 2.79. The van der Waals surface area contributed by atoms with E-state index >= 15 is 0 Å². The van der Waals surface area contributed by atoms with Crippen LogP contribution in [0.25, 0.3) is 0 Å². The van der Waals surface area contributed by atoms with Crippen LogP contribution in [0.5, 0.6) is 0 Å². The second kappa shape index (κ2) is 2.65. The van der Waals surface area contributed by atoms with Crippen LogP contribution < -0.4 is 11.2 Å². The van der Waals surface area contributed by atoms with E-state index in [1.165, 1.54) is 0 Å². The van der Waals surface area contributed by atoms with E-state index < -0.39 is 17.1 Å². The zero-order valence-electron chi connectivity index (χ0n) is 4.93. The van der Waals surface area contributed by atoms with E-state index in [9.17, 15) is 14.0 Å². The van der Waals surface area contributed by atoms with Gasteiger partial charge in [-0.05, 0) is 0 Å². The number of halogens is 1. The minimum atomic E-state index is -0.952. The molecule has 0 fully saturated rings. The van der Waals surface area contributed by atoms with Gasteiger partial charge in [0.15, 0.2) is 0 Å². The molecule has 0 bridgehead atoms. The topological polar surface area (TPSA) is 54.9 Å². The van der Waals surface area contributed by atoms with Crippen LogP contribution in [0.4, 0.5) is 4.39 Å². The van der Waals surface area contributed by atoms with E-state index in [1.807, 2.05) is 4.98 Å². The molecule has 1 heterocycles. The number of aromatic amines is 1. The summed E-state index contributed by atoms with van der Waals surface area (Å²) in [6, 6.07) is 0. The van der Waals surface area contributed by atoms with Crippen LogP contribution in [0.1, 0.15) is 0 Å². The summed E-state index contributed by atoms with van der Waals surface area (Å²) in [5.74, 6) is -0.908. The van der Waals surface area contributed by atoms with Gasteiger partial charge in [0.05, 0.1) is 0 Å². The molecule has 0 aliphatic heterocycles. The van der Waals surface area contributed by atoms with Crippen LogP contribution in [0.15, 0.2) is 15.8 Å². The van der Waals surface area contributed by atoms with Gasteiger partial charge in [0.2, 0.25) is 0 Å². The molecule has 0 aliphatic rings. The monoisotopic (exact) mass is 331 g/mol. The maximum atomic E-state index is 12.3. The van der Waals surface area contributed by atoms with E-state index in [1.54, 1.807) is 0 Å². The fourth-order valence-corrected chi connectivity index (χ4v) is 1.41. The minimum absolute atomic E-state index is 0.0262. The standard InChI is InChI=1S/C4H3FN2O2.Hg/c5-2-1-6-4(9)7-3(2)8;/h1H,(H2,6,7,8,9);/q;+1/p-1. The SMILES string of the molecule is O=c1[nH]c(=O)[n]([Hg])cc1F. The number of rotatable bonds is 0. The fraction of sp³-hybridized carbons (Fsp3) is 0. The molecule has 1 aromatic rings. The average Bonchev–Trinajstić information content (AvgIpc) is 1.84. The van der Waals surface area contributed by atoms with E-state index in [0.717, 1.165) is 8.53 Å². The Kier molecular flexibility index (Phi) is 2.03. The summed E-state index contributed by atoms with van der Waals surface area (Å²) >= 11 is -0.0262. The molecule has 0 amide bonds. The third kappa shape index (κ3) is 1.34. The van der Waals surface area contributed by atoms with E-state index in [0.29, 0.717) is 0 Å². The van der Waals surface area contributed by atoms with Gasteiger partial charge < -0.3 is 0 Å². The Morgan fingerprint density at radius 2 is 2.20 bits per heavy atom. The predicted octanol–water partition coefficient (Wildman–Crippen LogP) is -1.01. The van der Waals surface area contributed by atoms with Gasteiger partial charge in [-0.15, -0.1) is 0 Å². The van der Waals surface area contributed by atoms with Crippen molar-refractivity contribution in [3.8, 4) is 0 Å². The van der Waals surface area contributed by atoms with E-state index in [-0.39, 0.29) is 26.4 Å². The number of nitrogens with zero attached hydrogens (tertiary/aromatic N) is 1. The normalized spacial score (nSPS) is 9.90. The van der Waals surface area contributed by atoms with E-state index in [4.69, 9.17) is 0 Å². The molecule has 1 N–H and O–H groups in total. The number of hydrogen-bond acceptors (Lipinski definition) is 2. The average molecular weight is 330 g/mol.